The number of amides is 1. The van der Waals surface area contributed by atoms with Crippen LogP contribution in [0.1, 0.15) is 12.5 Å². The van der Waals surface area contributed by atoms with Crippen LogP contribution in [0.3, 0.4) is 0 Å². The van der Waals surface area contributed by atoms with Crippen molar-refractivity contribution in [2.24, 2.45) is 0 Å². The molecular formula is C12H14Cl2N2O3. The van der Waals surface area contributed by atoms with E-state index in [4.69, 9.17) is 28.3 Å². The second-order valence-corrected chi connectivity index (χ2v) is 4.83. The van der Waals surface area contributed by atoms with Gasteiger partial charge in [0.1, 0.15) is 6.04 Å². The number of aliphatic carboxylic acids is 1. The molecule has 0 saturated carbocycles. The van der Waals surface area contributed by atoms with Gasteiger partial charge in [-0.1, -0.05) is 29.3 Å². The molecule has 0 aliphatic carbocycles. The van der Waals surface area contributed by atoms with Crippen LogP contribution in [0.2, 0.25) is 10.0 Å². The minimum atomic E-state index is -1.03. The van der Waals surface area contributed by atoms with E-state index in [9.17, 15) is 9.59 Å². The van der Waals surface area contributed by atoms with Crippen LogP contribution in [0, 0.1) is 6.92 Å². The van der Waals surface area contributed by atoms with Gasteiger partial charge < -0.3 is 10.4 Å². The van der Waals surface area contributed by atoms with Crippen molar-refractivity contribution < 1.29 is 14.7 Å². The smallest absolute Gasteiger partial charge is 0.320 e. The molecular weight excluding hydrogens is 291 g/mol. The van der Waals surface area contributed by atoms with Crippen LogP contribution in [0.5, 0.6) is 0 Å². The molecule has 0 saturated heterocycles. The van der Waals surface area contributed by atoms with Crippen LogP contribution >= 0.6 is 23.2 Å². The highest BCUT2D eigenvalue weighted by Gasteiger charge is 2.14. The Morgan fingerprint density at radius 1 is 1.37 bits per heavy atom. The number of halogens is 2. The highest BCUT2D eigenvalue weighted by Crippen LogP contribution is 2.32. The van der Waals surface area contributed by atoms with Crippen molar-refractivity contribution in [2.45, 2.75) is 19.9 Å². The van der Waals surface area contributed by atoms with E-state index in [0.717, 1.165) is 5.56 Å². The summed E-state index contributed by atoms with van der Waals surface area (Å²) >= 11 is 12.0. The first-order valence-corrected chi connectivity index (χ1v) is 6.29. The normalized spacial score (nSPS) is 12.0. The van der Waals surface area contributed by atoms with Crippen LogP contribution in [-0.2, 0) is 9.59 Å². The number of carboxylic acids is 1. The first kappa shape index (κ1) is 15.8. The number of hydrogen-bond acceptors (Lipinski definition) is 3. The SMILES string of the molecule is Cc1ccc(Cl)c(NC(=O)CNC(C)C(=O)O)c1Cl. The molecule has 7 heteroatoms. The molecule has 0 aliphatic heterocycles. The Balaban J connectivity index is 2.68. The number of carbonyl (C=O) groups is 2. The van der Waals surface area contributed by atoms with Crippen molar-refractivity contribution >= 4 is 40.8 Å². The molecule has 0 aromatic heterocycles. The monoisotopic (exact) mass is 304 g/mol. The maximum Gasteiger partial charge on any atom is 0.320 e. The van der Waals surface area contributed by atoms with Crippen LogP contribution in [0.4, 0.5) is 5.69 Å². The van der Waals surface area contributed by atoms with Gasteiger partial charge in [-0.25, -0.2) is 0 Å². The lowest BCUT2D eigenvalue weighted by molar-refractivity contribution is -0.139. The zero-order valence-corrected chi connectivity index (χ0v) is 12.0. The Bertz CT molecular complexity index is 506. The van der Waals surface area contributed by atoms with Crippen LogP contribution < -0.4 is 10.6 Å². The molecule has 19 heavy (non-hydrogen) atoms. The lowest BCUT2D eigenvalue weighted by Crippen LogP contribution is -2.39. The van der Waals surface area contributed by atoms with Gasteiger partial charge in [-0.2, -0.15) is 0 Å². The van der Waals surface area contributed by atoms with Gasteiger partial charge >= 0.3 is 5.97 Å². The first-order chi connectivity index (χ1) is 8.82. The summed E-state index contributed by atoms with van der Waals surface area (Å²) in [5, 5.41) is 14.5. The predicted molar refractivity (Wildman–Crippen MR) is 74.9 cm³/mol. The average molecular weight is 305 g/mol. The topological polar surface area (TPSA) is 78.4 Å². The lowest BCUT2D eigenvalue weighted by atomic mass is 10.2. The summed E-state index contributed by atoms with van der Waals surface area (Å²) in [7, 11) is 0. The maximum absolute atomic E-state index is 11.7. The third-order valence-corrected chi connectivity index (χ3v) is 3.29. The number of rotatable bonds is 5. The third-order valence-electron chi connectivity index (χ3n) is 2.49. The second-order valence-electron chi connectivity index (χ2n) is 4.04. The largest absolute Gasteiger partial charge is 0.480 e. The predicted octanol–water partition coefficient (Wildman–Crippen LogP) is 2.30. The van der Waals surface area contributed by atoms with Gasteiger partial charge in [-0.15, -0.1) is 0 Å². The fraction of sp³-hybridized carbons (Fsp3) is 0.333. The van der Waals surface area contributed by atoms with Gasteiger partial charge in [0.05, 0.1) is 22.3 Å². The average Bonchev–Trinajstić information content (AvgIpc) is 2.36. The van der Waals surface area contributed by atoms with Crippen molar-refractivity contribution in [3.63, 3.8) is 0 Å². The molecule has 1 unspecified atom stereocenters. The Morgan fingerprint density at radius 2 is 2.00 bits per heavy atom. The van der Waals surface area contributed by atoms with E-state index >= 15 is 0 Å². The van der Waals surface area contributed by atoms with E-state index in [2.05, 4.69) is 10.6 Å². The number of carbonyl (C=O) groups excluding carboxylic acids is 1. The van der Waals surface area contributed by atoms with Gasteiger partial charge in [0.15, 0.2) is 0 Å². The fourth-order valence-electron chi connectivity index (χ4n) is 1.29. The second kappa shape index (κ2) is 6.75. The summed E-state index contributed by atoms with van der Waals surface area (Å²) in [5.41, 5.74) is 1.12. The van der Waals surface area contributed by atoms with Gasteiger partial charge in [-0.3, -0.25) is 14.9 Å². The highest BCUT2D eigenvalue weighted by atomic mass is 35.5. The Hall–Kier alpha value is -1.30. The Morgan fingerprint density at radius 3 is 2.58 bits per heavy atom. The number of benzene rings is 1. The fourth-order valence-corrected chi connectivity index (χ4v) is 1.75. The molecule has 1 rings (SSSR count). The molecule has 0 heterocycles. The van der Waals surface area contributed by atoms with Crippen molar-refractivity contribution in [3.05, 3.63) is 27.7 Å². The zero-order valence-electron chi connectivity index (χ0n) is 10.5. The van der Waals surface area contributed by atoms with Crippen molar-refractivity contribution in [1.82, 2.24) is 5.32 Å². The van der Waals surface area contributed by atoms with Crippen molar-refractivity contribution in [1.29, 1.82) is 0 Å². The first-order valence-electron chi connectivity index (χ1n) is 5.53. The van der Waals surface area contributed by atoms with Crippen molar-refractivity contribution in [2.75, 3.05) is 11.9 Å². The summed E-state index contributed by atoms with van der Waals surface area (Å²) in [4.78, 5) is 22.3. The van der Waals surface area contributed by atoms with Crippen LogP contribution in [0.15, 0.2) is 12.1 Å². The van der Waals surface area contributed by atoms with E-state index in [1.54, 1.807) is 19.1 Å². The highest BCUT2D eigenvalue weighted by molar-refractivity contribution is 6.40. The molecule has 3 N–H and O–H groups in total. The summed E-state index contributed by atoms with van der Waals surface area (Å²) in [6.45, 7) is 3.09. The molecule has 1 atom stereocenters. The molecule has 1 aromatic rings. The number of hydrogen-bond donors (Lipinski definition) is 3. The minimum absolute atomic E-state index is 0.145. The van der Waals surface area contributed by atoms with Gasteiger partial charge in [0.25, 0.3) is 0 Å². The number of carboxylic acid groups (broad SMARTS) is 1. The summed E-state index contributed by atoms with van der Waals surface area (Å²) in [6.07, 6.45) is 0. The summed E-state index contributed by atoms with van der Waals surface area (Å²) < 4.78 is 0. The van der Waals surface area contributed by atoms with E-state index in [1.807, 2.05) is 0 Å². The summed E-state index contributed by atoms with van der Waals surface area (Å²) in [6, 6.07) is 2.56. The third kappa shape index (κ3) is 4.38. The Labute approximate surface area is 120 Å². The summed E-state index contributed by atoms with van der Waals surface area (Å²) in [5.74, 6) is -1.44. The molecule has 5 nitrogen and oxygen atoms in total. The van der Waals surface area contributed by atoms with Crippen LogP contribution in [-0.4, -0.2) is 29.6 Å². The molecule has 0 fully saturated rings. The molecule has 0 radical (unpaired) electrons. The molecule has 0 spiro atoms. The number of aryl methyl sites for hydroxylation is 1. The quantitative estimate of drug-likeness (QED) is 0.780. The van der Waals surface area contributed by atoms with Gasteiger partial charge in [0, 0.05) is 0 Å². The van der Waals surface area contributed by atoms with E-state index in [1.165, 1.54) is 6.92 Å². The maximum atomic E-state index is 11.7. The van der Waals surface area contributed by atoms with E-state index in [-0.39, 0.29) is 6.54 Å². The lowest BCUT2D eigenvalue weighted by Gasteiger charge is -2.12. The van der Waals surface area contributed by atoms with Crippen molar-refractivity contribution in [3.8, 4) is 0 Å². The minimum Gasteiger partial charge on any atom is -0.480 e. The number of anilines is 1. The molecule has 0 bridgehead atoms. The molecule has 1 amide bonds. The Kier molecular flexibility index (Phi) is 5.60. The molecule has 104 valence electrons. The van der Waals surface area contributed by atoms with E-state index in [0.29, 0.717) is 15.7 Å². The standard InChI is InChI=1S/C12H14Cl2N2O3/c1-6-3-4-8(13)11(10(6)14)16-9(17)5-15-7(2)12(18)19/h3-4,7,15H,5H2,1-2H3,(H,16,17)(H,18,19). The molecule has 1 aromatic carbocycles. The van der Waals surface area contributed by atoms with E-state index < -0.39 is 17.9 Å². The van der Waals surface area contributed by atoms with Crippen LogP contribution in [0.25, 0.3) is 0 Å². The zero-order chi connectivity index (χ0) is 14.6. The number of nitrogens with one attached hydrogen (secondary N) is 2. The van der Waals surface area contributed by atoms with Gasteiger partial charge in [-0.05, 0) is 25.5 Å². The van der Waals surface area contributed by atoms with Gasteiger partial charge in [0.2, 0.25) is 5.91 Å². The molecule has 0 aliphatic rings.